The largest absolute Gasteiger partial charge is 0.494 e. The number of hydrogen-bond donors (Lipinski definition) is 3. The Morgan fingerprint density at radius 2 is 1.85 bits per heavy atom. The highest BCUT2D eigenvalue weighted by molar-refractivity contribution is 5.90. The van der Waals surface area contributed by atoms with Crippen LogP contribution < -0.4 is 26.4 Å². The van der Waals surface area contributed by atoms with Crippen molar-refractivity contribution in [2.45, 2.75) is 70.5 Å². The van der Waals surface area contributed by atoms with Gasteiger partial charge in [0.2, 0.25) is 0 Å². The van der Waals surface area contributed by atoms with Crippen LogP contribution in [0.25, 0.3) is 0 Å². The monoisotopic (exact) mass is 477 g/mol. The molecule has 4 rings (SSSR count). The summed E-state index contributed by atoms with van der Waals surface area (Å²) >= 11 is 0. The van der Waals surface area contributed by atoms with E-state index in [9.17, 15) is 4.39 Å². The van der Waals surface area contributed by atoms with Gasteiger partial charge in [-0.25, -0.2) is 14.6 Å². The number of nitrogens with zero attached hydrogens (tertiary/aromatic N) is 4. The van der Waals surface area contributed by atoms with Crippen molar-refractivity contribution >= 4 is 11.6 Å². The summed E-state index contributed by atoms with van der Waals surface area (Å²) in [6.07, 6.45) is 7.48. The Kier molecular flexibility index (Phi) is 7.50. The summed E-state index contributed by atoms with van der Waals surface area (Å²) in [5.74, 6) is 0.631. The molecule has 1 aromatic rings. The van der Waals surface area contributed by atoms with Crippen molar-refractivity contribution in [2.75, 3.05) is 40.3 Å². The Labute approximate surface area is 203 Å². The van der Waals surface area contributed by atoms with Gasteiger partial charge in [-0.05, 0) is 44.8 Å². The Morgan fingerprint density at radius 3 is 2.50 bits per heavy atom. The number of nitrogens with two attached hydrogens (primary N) is 3. The van der Waals surface area contributed by atoms with Gasteiger partial charge in [-0.15, -0.1) is 4.99 Å². The Hall–Kier alpha value is -1.78. The van der Waals surface area contributed by atoms with Gasteiger partial charge < -0.3 is 10.5 Å². The summed E-state index contributed by atoms with van der Waals surface area (Å²) in [5.41, 5.74) is 21.3. The average Bonchev–Trinajstić information content (AvgIpc) is 3.29. The van der Waals surface area contributed by atoms with E-state index < -0.39 is 18.4 Å². The molecular formula is C25H44FN7O+2. The summed E-state index contributed by atoms with van der Waals surface area (Å²) in [7, 11) is 3.40. The van der Waals surface area contributed by atoms with Crippen LogP contribution in [0.15, 0.2) is 23.2 Å². The first-order valence-corrected chi connectivity index (χ1v) is 12.9. The Bertz CT molecular complexity index is 892. The molecule has 2 aliphatic heterocycles. The van der Waals surface area contributed by atoms with Crippen LogP contribution in [0.1, 0.15) is 51.9 Å². The number of likely N-dealkylation sites (tertiary alicyclic amines) is 1. The van der Waals surface area contributed by atoms with Gasteiger partial charge in [0, 0.05) is 18.1 Å². The number of guanidine groups is 1. The maximum Gasteiger partial charge on any atom is 0.312 e. The van der Waals surface area contributed by atoms with Crippen molar-refractivity contribution in [1.29, 1.82) is 0 Å². The molecule has 1 aromatic carbocycles. The summed E-state index contributed by atoms with van der Waals surface area (Å²) in [5, 5.41) is 0. The second kappa shape index (κ2) is 10.1. The number of hydrogen-bond acceptors (Lipinski definition) is 6. The summed E-state index contributed by atoms with van der Waals surface area (Å²) < 4.78 is 20.4. The van der Waals surface area contributed by atoms with Crippen LogP contribution in [0.5, 0.6) is 5.75 Å². The Morgan fingerprint density at radius 1 is 1.12 bits per heavy atom. The summed E-state index contributed by atoms with van der Waals surface area (Å²) in [6.45, 7) is 6.04. The molecule has 1 aliphatic carbocycles. The molecule has 5 unspecified atom stereocenters. The van der Waals surface area contributed by atoms with Crippen LogP contribution >= 0.6 is 0 Å². The van der Waals surface area contributed by atoms with E-state index in [1.807, 2.05) is 13.1 Å². The maximum absolute atomic E-state index is 14.8. The number of methoxy groups -OCH3 is 1. The number of ether oxygens (including phenoxy) is 1. The third-order valence-corrected chi connectivity index (χ3v) is 8.77. The van der Waals surface area contributed by atoms with Gasteiger partial charge in [-0.2, -0.15) is 4.48 Å². The average molecular weight is 478 g/mol. The van der Waals surface area contributed by atoms with E-state index in [-0.39, 0.29) is 10.2 Å². The fraction of sp³-hybridized carbons (Fsp3) is 0.720. The highest BCUT2D eigenvalue weighted by atomic mass is 19.1. The van der Waals surface area contributed by atoms with Gasteiger partial charge in [0.25, 0.3) is 12.6 Å². The van der Waals surface area contributed by atoms with Gasteiger partial charge >= 0.3 is 5.96 Å². The molecule has 0 aromatic heterocycles. The predicted molar refractivity (Wildman–Crippen MR) is 135 cm³/mol. The van der Waals surface area contributed by atoms with Gasteiger partial charge in [-0.3, -0.25) is 10.6 Å². The number of quaternary nitrogens is 2. The fourth-order valence-electron chi connectivity index (χ4n) is 6.62. The first kappa shape index (κ1) is 25.3. The molecule has 3 aliphatic rings. The molecule has 9 heteroatoms. The number of aliphatic imine (C=N–C) groups is 1. The van der Waals surface area contributed by atoms with Gasteiger partial charge in [0.05, 0.1) is 26.7 Å². The minimum atomic E-state index is -0.537. The van der Waals surface area contributed by atoms with Crippen LogP contribution in [-0.2, 0) is 0 Å². The van der Waals surface area contributed by atoms with Gasteiger partial charge in [0.1, 0.15) is 12.2 Å². The van der Waals surface area contributed by atoms with Crippen LogP contribution in [0.4, 0.5) is 10.1 Å². The van der Waals surface area contributed by atoms with E-state index in [0.29, 0.717) is 28.1 Å². The van der Waals surface area contributed by atoms with E-state index in [4.69, 9.17) is 26.9 Å². The number of rotatable bonds is 7. The minimum Gasteiger partial charge on any atom is -0.494 e. The highest BCUT2D eigenvalue weighted by Gasteiger charge is 2.59. The zero-order valence-electron chi connectivity index (χ0n) is 21.1. The number of benzene rings is 1. The number of halogens is 1. The summed E-state index contributed by atoms with van der Waals surface area (Å²) in [6, 6.07) is 5.35. The molecule has 34 heavy (non-hydrogen) atoms. The highest BCUT2D eigenvalue weighted by Crippen LogP contribution is 2.39. The standard InChI is InChI=1S/C25H44FN7O/c1-4-31-14-8-11-19(31)17-33(16-18-9-6-5-7-10-18)24(28)30-23(27)32(2,25(33)29)20-12-13-22(34-3)21(26)15-20/h12-13,15,18-19,24-25H,4-11,14,16-17,28-29H2,1-3H3,(H2,27,30)/q+2. The van der Waals surface area contributed by atoms with E-state index in [2.05, 4.69) is 11.8 Å². The van der Waals surface area contributed by atoms with Crippen molar-refractivity contribution in [1.82, 2.24) is 9.38 Å². The van der Waals surface area contributed by atoms with E-state index >= 15 is 0 Å². The molecular weight excluding hydrogens is 433 g/mol. The van der Waals surface area contributed by atoms with Crippen molar-refractivity contribution in [3.63, 3.8) is 0 Å². The van der Waals surface area contributed by atoms with Crippen molar-refractivity contribution in [3.05, 3.63) is 24.0 Å². The van der Waals surface area contributed by atoms with E-state index in [0.717, 1.165) is 32.6 Å². The molecule has 1 saturated carbocycles. The molecule has 2 fully saturated rings. The SMILES string of the molecule is CCN1CCCC1C[N+]1(CC2CCCCC2)C(N)N=C(N)[N+](C)(c2ccc(OC)c(F)c2)C1N. The first-order valence-electron chi connectivity index (χ1n) is 12.9. The molecule has 0 bridgehead atoms. The second-order valence-corrected chi connectivity index (χ2v) is 10.6. The van der Waals surface area contributed by atoms with Crippen LogP contribution in [-0.4, -0.2) is 74.3 Å². The van der Waals surface area contributed by atoms with Crippen molar-refractivity contribution in [2.24, 2.45) is 28.1 Å². The van der Waals surface area contributed by atoms with Crippen molar-refractivity contribution in [3.8, 4) is 5.75 Å². The molecule has 0 radical (unpaired) electrons. The molecule has 8 nitrogen and oxygen atoms in total. The lowest BCUT2D eigenvalue weighted by atomic mass is 9.87. The summed E-state index contributed by atoms with van der Waals surface area (Å²) in [4.78, 5) is 7.35. The molecule has 190 valence electrons. The zero-order chi connectivity index (χ0) is 24.5. The van der Waals surface area contributed by atoms with Crippen LogP contribution in [0.3, 0.4) is 0 Å². The van der Waals surface area contributed by atoms with E-state index in [1.165, 1.54) is 51.7 Å². The predicted octanol–water partition coefficient (Wildman–Crippen LogP) is 2.47. The fourth-order valence-corrected chi connectivity index (χ4v) is 6.62. The minimum absolute atomic E-state index is 0.0280. The molecule has 1 saturated heterocycles. The second-order valence-electron chi connectivity index (χ2n) is 10.6. The third kappa shape index (κ3) is 4.33. The quantitative estimate of drug-likeness (QED) is 0.524. The Balaban J connectivity index is 1.78. The van der Waals surface area contributed by atoms with Crippen LogP contribution in [0, 0.1) is 11.7 Å². The van der Waals surface area contributed by atoms with Crippen molar-refractivity contribution < 1.29 is 13.6 Å². The maximum atomic E-state index is 14.8. The van der Waals surface area contributed by atoms with Crippen LogP contribution in [0.2, 0.25) is 0 Å². The smallest absolute Gasteiger partial charge is 0.312 e. The molecule has 6 N–H and O–H groups in total. The molecule has 0 amide bonds. The molecule has 2 heterocycles. The van der Waals surface area contributed by atoms with Gasteiger partial charge in [0.15, 0.2) is 11.6 Å². The molecule has 5 atom stereocenters. The first-order chi connectivity index (χ1) is 16.3. The zero-order valence-corrected chi connectivity index (χ0v) is 21.1. The number of likely N-dealkylation sites (N-methyl/N-ethyl adjacent to an activating group) is 1. The van der Waals surface area contributed by atoms with Gasteiger partial charge in [-0.1, -0.05) is 26.2 Å². The normalized spacial score (nSPS) is 35.4. The van der Waals surface area contributed by atoms with E-state index in [1.54, 1.807) is 6.07 Å². The molecule has 0 spiro atoms. The third-order valence-electron chi connectivity index (χ3n) is 8.77. The lowest BCUT2D eigenvalue weighted by Crippen LogP contribution is -2.84. The lowest BCUT2D eigenvalue weighted by Gasteiger charge is -2.55. The topological polar surface area (TPSA) is 103 Å². The lowest BCUT2D eigenvalue weighted by molar-refractivity contribution is -0.986.